The minimum absolute atomic E-state index is 0.212. The van der Waals surface area contributed by atoms with Crippen molar-refractivity contribution in [2.75, 3.05) is 34.9 Å². The molecule has 1 aromatic carbocycles. The molecule has 0 bridgehead atoms. The Kier molecular flexibility index (Phi) is 5.01. The van der Waals surface area contributed by atoms with Gasteiger partial charge in [-0.05, 0) is 45.9 Å². The maximum Gasteiger partial charge on any atom is 0.203 e. The summed E-state index contributed by atoms with van der Waals surface area (Å²) in [7, 11) is 7.15. The third-order valence-electron chi connectivity index (χ3n) is 4.71. The molecule has 122 valence electrons. The molecular weight excluding hydrogens is 278 g/mol. The second-order valence-electron chi connectivity index (χ2n) is 5.97. The third-order valence-corrected chi connectivity index (χ3v) is 4.71. The summed E-state index contributed by atoms with van der Waals surface area (Å²) in [4.78, 5) is 2.37. The van der Waals surface area contributed by atoms with Crippen LogP contribution in [0.1, 0.15) is 37.4 Å². The van der Waals surface area contributed by atoms with Gasteiger partial charge in [-0.25, -0.2) is 0 Å². The van der Waals surface area contributed by atoms with E-state index < -0.39 is 0 Å². The highest BCUT2D eigenvalue weighted by Crippen LogP contribution is 2.48. The van der Waals surface area contributed by atoms with Crippen molar-refractivity contribution in [1.82, 2.24) is 4.90 Å². The van der Waals surface area contributed by atoms with E-state index in [0.717, 1.165) is 24.3 Å². The van der Waals surface area contributed by atoms with Crippen LogP contribution in [-0.2, 0) is 0 Å². The van der Waals surface area contributed by atoms with Crippen LogP contribution in [0.2, 0.25) is 0 Å². The first-order chi connectivity index (χ1) is 10.5. The van der Waals surface area contributed by atoms with Crippen molar-refractivity contribution in [2.45, 2.75) is 33.2 Å². The minimum Gasteiger partial charge on any atom is -0.493 e. The highest BCUT2D eigenvalue weighted by Gasteiger charge is 2.31. The molecule has 0 saturated heterocycles. The SMILES string of the molecule is COc1cc(C)c(C2C(C)=C(C)CCN2C)c(OC)c1OC. The molecule has 0 radical (unpaired) electrons. The van der Waals surface area contributed by atoms with Gasteiger partial charge in [-0.2, -0.15) is 0 Å². The Morgan fingerprint density at radius 1 is 1.00 bits per heavy atom. The zero-order chi connectivity index (χ0) is 16.4. The van der Waals surface area contributed by atoms with Crippen LogP contribution in [0.5, 0.6) is 17.2 Å². The Bertz CT molecular complexity index is 592. The van der Waals surface area contributed by atoms with Crippen molar-refractivity contribution in [3.8, 4) is 17.2 Å². The lowest BCUT2D eigenvalue weighted by atomic mass is 9.87. The van der Waals surface area contributed by atoms with E-state index in [4.69, 9.17) is 14.2 Å². The topological polar surface area (TPSA) is 30.9 Å². The van der Waals surface area contributed by atoms with Gasteiger partial charge < -0.3 is 14.2 Å². The molecule has 0 amide bonds. The first kappa shape index (κ1) is 16.7. The van der Waals surface area contributed by atoms with Crippen molar-refractivity contribution in [2.24, 2.45) is 0 Å². The Labute approximate surface area is 133 Å². The summed E-state index contributed by atoms with van der Waals surface area (Å²) in [6.45, 7) is 7.58. The summed E-state index contributed by atoms with van der Waals surface area (Å²) in [6.07, 6.45) is 1.12. The second kappa shape index (κ2) is 6.61. The summed E-state index contributed by atoms with van der Waals surface area (Å²) < 4.78 is 16.7. The van der Waals surface area contributed by atoms with Gasteiger partial charge in [0.15, 0.2) is 11.5 Å². The zero-order valence-corrected chi connectivity index (χ0v) is 14.7. The molecule has 1 unspecified atom stereocenters. The summed E-state index contributed by atoms with van der Waals surface area (Å²) in [5.41, 5.74) is 5.17. The smallest absolute Gasteiger partial charge is 0.203 e. The number of hydrogen-bond donors (Lipinski definition) is 0. The molecular formula is C18H27NO3. The molecule has 4 heteroatoms. The highest BCUT2D eigenvalue weighted by atomic mass is 16.5. The third kappa shape index (κ3) is 2.68. The van der Waals surface area contributed by atoms with Crippen molar-refractivity contribution in [3.63, 3.8) is 0 Å². The van der Waals surface area contributed by atoms with E-state index in [1.165, 1.54) is 16.7 Å². The van der Waals surface area contributed by atoms with E-state index >= 15 is 0 Å². The minimum atomic E-state index is 0.212. The van der Waals surface area contributed by atoms with E-state index in [2.05, 4.69) is 32.7 Å². The van der Waals surface area contributed by atoms with Gasteiger partial charge in [-0.1, -0.05) is 11.1 Å². The molecule has 1 aliphatic heterocycles. The zero-order valence-electron chi connectivity index (χ0n) is 14.7. The number of likely N-dealkylation sites (N-methyl/N-ethyl adjacent to an activating group) is 1. The van der Waals surface area contributed by atoms with Crippen LogP contribution in [0.4, 0.5) is 0 Å². The Balaban J connectivity index is 2.71. The standard InChI is InChI=1S/C18H27NO3/c1-11-8-9-19(4)16(13(11)3)15-12(2)10-14(20-5)17(21-6)18(15)22-7/h10,16H,8-9H2,1-7H3. The molecule has 0 saturated carbocycles. The van der Waals surface area contributed by atoms with Crippen LogP contribution in [0.25, 0.3) is 0 Å². The average Bonchev–Trinajstić information content (AvgIpc) is 2.51. The summed E-state index contributed by atoms with van der Waals surface area (Å²) in [5.74, 6) is 2.14. The molecule has 0 fully saturated rings. The molecule has 1 atom stereocenters. The molecule has 2 rings (SSSR count). The van der Waals surface area contributed by atoms with Gasteiger partial charge >= 0.3 is 0 Å². The quantitative estimate of drug-likeness (QED) is 0.793. The predicted molar refractivity (Wildman–Crippen MR) is 89.2 cm³/mol. The van der Waals surface area contributed by atoms with Gasteiger partial charge in [0.25, 0.3) is 0 Å². The van der Waals surface area contributed by atoms with Crippen LogP contribution >= 0.6 is 0 Å². The Morgan fingerprint density at radius 3 is 2.18 bits per heavy atom. The second-order valence-corrected chi connectivity index (χ2v) is 5.97. The number of rotatable bonds is 4. The van der Waals surface area contributed by atoms with E-state index in [1.807, 2.05) is 6.07 Å². The molecule has 1 aliphatic rings. The lowest BCUT2D eigenvalue weighted by Gasteiger charge is -2.37. The molecule has 22 heavy (non-hydrogen) atoms. The van der Waals surface area contributed by atoms with Crippen LogP contribution in [0.15, 0.2) is 17.2 Å². The van der Waals surface area contributed by atoms with Crippen molar-refractivity contribution in [3.05, 3.63) is 28.3 Å². The van der Waals surface area contributed by atoms with Crippen molar-refractivity contribution in [1.29, 1.82) is 0 Å². The summed E-state index contributed by atoms with van der Waals surface area (Å²) in [5, 5.41) is 0. The van der Waals surface area contributed by atoms with Gasteiger partial charge in [0.05, 0.1) is 27.4 Å². The Morgan fingerprint density at radius 2 is 1.64 bits per heavy atom. The highest BCUT2D eigenvalue weighted by molar-refractivity contribution is 5.61. The fourth-order valence-electron chi connectivity index (χ4n) is 3.31. The van der Waals surface area contributed by atoms with Gasteiger partial charge in [-0.3, -0.25) is 4.90 Å². The number of ether oxygens (including phenoxy) is 3. The molecule has 1 aromatic rings. The molecule has 0 aromatic heterocycles. The van der Waals surface area contributed by atoms with Crippen molar-refractivity contribution < 1.29 is 14.2 Å². The monoisotopic (exact) mass is 305 g/mol. The van der Waals surface area contributed by atoms with E-state index in [9.17, 15) is 0 Å². The fraction of sp³-hybridized carbons (Fsp3) is 0.556. The van der Waals surface area contributed by atoms with E-state index in [-0.39, 0.29) is 6.04 Å². The largest absolute Gasteiger partial charge is 0.493 e. The number of benzene rings is 1. The molecule has 1 heterocycles. The maximum absolute atomic E-state index is 5.72. The Hall–Kier alpha value is -1.68. The van der Waals surface area contributed by atoms with Crippen LogP contribution in [0, 0.1) is 6.92 Å². The molecule has 0 spiro atoms. The first-order valence-corrected chi connectivity index (χ1v) is 7.62. The summed E-state index contributed by atoms with van der Waals surface area (Å²) in [6, 6.07) is 2.24. The lowest BCUT2D eigenvalue weighted by Crippen LogP contribution is -2.31. The fourth-order valence-corrected chi connectivity index (χ4v) is 3.31. The predicted octanol–water partition coefficient (Wildman–Crippen LogP) is 3.73. The van der Waals surface area contributed by atoms with E-state index in [0.29, 0.717) is 11.5 Å². The average molecular weight is 305 g/mol. The normalized spacial score (nSPS) is 19.3. The van der Waals surface area contributed by atoms with Crippen LogP contribution in [0.3, 0.4) is 0 Å². The molecule has 0 N–H and O–H groups in total. The number of nitrogens with zero attached hydrogens (tertiary/aromatic N) is 1. The van der Waals surface area contributed by atoms with E-state index in [1.54, 1.807) is 21.3 Å². The van der Waals surface area contributed by atoms with Gasteiger partial charge in [-0.15, -0.1) is 0 Å². The molecule has 0 aliphatic carbocycles. The van der Waals surface area contributed by atoms with Gasteiger partial charge in [0, 0.05) is 12.1 Å². The van der Waals surface area contributed by atoms with Gasteiger partial charge in [0.1, 0.15) is 0 Å². The van der Waals surface area contributed by atoms with Crippen LogP contribution in [-0.4, -0.2) is 39.8 Å². The number of aryl methyl sites for hydroxylation is 1. The maximum atomic E-state index is 5.72. The number of methoxy groups -OCH3 is 3. The summed E-state index contributed by atoms with van der Waals surface area (Å²) >= 11 is 0. The first-order valence-electron chi connectivity index (χ1n) is 7.62. The van der Waals surface area contributed by atoms with Gasteiger partial charge in [0.2, 0.25) is 5.75 Å². The molecule has 4 nitrogen and oxygen atoms in total. The lowest BCUT2D eigenvalue weighted by molar-refractivity contribution is 0.249. The van der Waals surface area contributed by atoms with Crippen LogP contribution < -0.4 is 14.2 Å². The number of hydrogen-bond acceptors (Lipinski definition) is 4. The van der Waals surface area contributed by atoms with Crippen molar-refractivity contribution >= 4 is 0 Å².